The van der Waals surface area contributed by atoms with E-state index in [0.717, 1.165) is 16.8 Å². The number of nitrogens with zero attached hydrogens (tertiary/aromatic N) is 2. The molecule has 1 heterocycles. The number of primary amides is 1. The van der Waals surface area contributed by atoms with Crippen molar-refractivity contribution in [3.8, 4) is 6.07 Å². The highest BCUT2D eigenvalue weighted by Crippen LogP contribution is 2.38. The van der Waals surface area contributed by atoms with Crippen LogP contribution < -0.4 is 22.7 Å². The second-order valence-corrected chi connectivity index (χ2v) is 5.97. The van der Waals surface area contributed by atoms with Gasteiger partial charge in [0.15, 0.2) is 5.54 Å². The first-order valence-electron chi connectivity index (χ1n) is 7.65. The molecule has 144 valence electrons. The van der Waals surface area contributed by atoms with Gasteiger partial charge in [0.2, 0.25) is 5.91 Å². The van der Waals surface area contributed by atoms with Gasteiger partial charge in [0, 0.05) is 24.3 Å². The van der Waals surface area contributed by atoms with E-state index >= 15 is 0 Å². The van der Waals surface area contributed by atoms with Gasteiger partial charge in [-0.1, -0.05) is 0 Å². The lowest BCUT2D eigenvalue weighted by Gasteiger charge is -2.27. The SMILES string of the molecule is N#C[C@@]1(n2ccc(=O)[nH]c2=O)CC(COC(=O)[C@@H](N)CC(N)=O)=C(O)C1O. The molecule has 1 aliphatic rings. The summed E-state index contributed by atoms with van der Waals surface area (Å²) in [5.41, 5.74) is 6.73. The van der Waals surface area contributed by atoms with Crippen LogP contribution in [0.3, 0.4) is 0 Å². The number of aliphatic hydroxyl groups excluding tert-OH is 2. The fourth-order valence-corrected chi connectivity index (χ4v) is 2.73. The maximum atomic E-state index is 12.0. The Bertz CT molecular complexity index is 956. The van der Waals surface area contributed by atoms with Crippen molar-refractivity contribution in [3.63, 3.8) is 0 Å². The van der Waals surface area contributed by atoms with Crippen LogP contribution in [0.15, 0.2) is 33.2 Å². The number of hydrogen-bond acceptors (Lipinski definition) is 9. The number of hydrogen-bond donors (Lipinski definition) is 5. The third-order valence-corrected chi connectivity index (χ3v) is 4.12. The van der Waals surface area contributed by atoms with Crippen LogP contribution in [-0.4, -0.2) is 50.4 Å². The van der Waals surface area contributed by atoms with Gasteiger partial charge < -0.3 is 26.4 Å². The largest absolute Gasteiger partial charge is 0.509 e. The molecule has 1 aromatic heterocycles. The van der Waals surface area contributed by atoms with E-state index in [1.165, 1.54) is 0 Å². The molecule has 1 unspecified atom stereocenters. The van der Waals surface area contributed by atoms with Crippen LogP contribution in [0.5, 0.6) is 0 Å². The second kappa shape index (κ2) is 7.44. The number of nitrogens with two attached hydrogens (primary N) is 2. The summed E-state index contributed by atoms with van der Waals surface area (Å²) in [4.78, 5) is 47.7. The number of nitriles is 1. The van der Waals surface area contributed by atoms with Crippen molar-refractivity contribution in [2.24, 2.45) is 11.5 Å². The first kappa shape index (κ1) is 19.9. The predicted molar refractivity (Wildman–Crippen MR) is 87.9 cm³/mol. The number of aromatic amines is 1. The number of H-pyrrole nitrogens is 1. The van der Waals surface area contributed by atoms with E-state index in [9.17, 15) is 34.7 Å². The van der Waals surface area contributed by atoms with E-state index < -0.39 is 59.6 Å². The molecule has 0 bridgehead atoms. The highest BCUT2D eigenvalue weighted by Gasteiger charge is 2.50. The van der Waals surface area contributed by atoms with Crippen LogP contribution in [0.2, 0.25) is 0 Å². The van der Waals surface area contributed by atoms with Crippen LogP contribution in [0.4, 0.5) is 0 Å². The Hall–Kier alpha value is -3.43. The molecule has 0 saturated carbocycles. The van der Waals surface area contributed by atoms with Gasteiger partial charge in [-0.25, -0.2) is 4.79 Å². The Morgan fingerprint density at radius 3 is 2.74 bits per heavy atom. The van der Waals surface area contributed by atoms with E-state index in [0.29, 0.717) is 0 Å². The minimum atomic E-state index is -1.94. The first-order chi connectivity index (χ1) is 12.6. The molecule has 3 atom stereocenters. The molecule has 12 heteroatoms. The Morgan fingerprint density at radius 2 is 2.19 bits per heavy atom. The van der Waals surface area contributed by atoms with Gasteiger partial charge in [-0.15, -0.1) is 0 Å². The molecular formula is C15H17N5O7. The van der Waals surface area contributed by atoms with Crippen LogP contribution >= 0.6 is 0 Å². The molecule has 1 amide bonds. The van der Waals surface area contributed by atoms with Crippen LogP contribution in [0.1, 0.15) is 12.8 Å². The third-order valence-electron chi connectivity index (χ3n) is 4.12. The lowest BCUT2D eigenvalue weighted by Crippen LogP contribution is -2.48. The number of ether oxygens (including phenoxy) is 1. The number of esters is 1. The van der Waals surface area contributed by atoms with Crippen molar-refractivity contribution in [1.82, 2.24) is 9.55 Å². The molecule has 0 fully saturated rings. The summed E-state index contributed by atoms with van der Waals surface area (Å²) in [6.07, 6.45) is -1.60. The summed E-state index contributed by atoms with van der Waals surface area (Å²) in [5, 5.41) is 30.0. The summed E-state index contributed by atoms with van der Waals surface area (Å²) in [5.74, 6) is -2.43. The van der Waals surface area contributed by atoms with Gasteiger partial charge in [-0.05, 0) is 0 Å². The van der Waals surface area contributed by atoms with Crippen LogP contribution in [-0.2, 0) is 19.9 Å². The normalized spacial score (nSPS) is 22.9. The lowest BCUT2D eigenvalue weighted by molar-refractivity contribution is -0.145. The van der Waals surface area contributed by atoms with Gasteiger partial charge in [-0.3, -0.25) is 23.9 Å². The quantitative estimate of drug-likeness (QED) is 0.319. The number of carbonyl (C=O) groups excluding carboxylic acids is 2. The number of nitrogens with one attached hydrogen (secondary N) is 1. The van der Waals surface area contributed by atoms with Gasteiger partial charge >= 0.3 is 11.7 Å². The number of rotatable bonds is 6. The van der Waals surface area contributed by atoms with Gasteiger partial charge in [0.1, 0.15) is 24.5 Å². The topological polar surface area (TPSA) is 215 Å². The standard InChI is InChI=1S/C15H17N5O7/c16-6-15(20-2-1-10(22)19-14(20)26)4-7(11(23)12(15)24)5-27-13(25)8(17)3-9(18)21/h1-2,8,12,23-24H,3-5,17H2,(H2,18,21)(H,19,22,26)/t8-,12?,15-/m0/s1. The van der Waals surface area contributed by atoms with E-state index in [2.05, 4.69) is 0 Å². The zero-order valence-corrected chi connectivity index (χ0v) is 13.9. The Morgan fingerprint density at radius 1 is 1.52 bits per heavy atom. The molecule has 1 aromatic rings. The summed E-state index contributed by atoms with van der Waals surface area (Å²) in [7, 11) is 0. The van der Waals surface area contributed by atoms with Crippen molar-refractivity contribution in [3.05, 3.63) is 44.4 Å². The number of aromatic nitrogens is 2. The number of aliphatic hydroxyl groups is 2. The average Bonchev–Trinajstić information content (AvgIpc) is 2.84. The van der Waals surface area contributed by atoms with Gasteiger partial charge in [0.05, 0.1) is 12.5 Å². The first-order valence-corrected chi connectivity index (χ1v) is 7.65. The van der Waals surface area contributed by atoms with E-state index in [1.807, 2.05) is 4.98 Å². The van der Waals surface area contributed by atoms with E-state index in [-0.39, 0.29) is 12.0 Å². The Labute approximate surface area is 151 Å². The molecule has 0 radical (unpaired) electrons. The third kappa shape index (κ3) is 3.73. The minimum absolute atomic E-state index is 0.0261. The molecule has 0 spiro atoms. The maximum absolute atomic E-state index is 12.0. The molecule has 0 aromatic carbocycles. The Balaban J connectivity index is 2.23. The van der Waals surface area contributed by atoms with Crippen molar-refractivity contribution in [2.75, 3.05) is 6.61 Å². The Kier molecular flexibility index (Phi) is 5.48. The highest BCUT2D eigenvalue weighted by atomic mass is 16.5. The molecule has 1 aliphatic carbocycles. The van der Waals surface area contributed by atoms with E-state index in [1.54, 1.807) is 6.07 Å². The fourth-order valence-electron chi connectivity index (χ4n) is 2.73. The zero-order valence-electron chi connectivity index (χ0n) is 13.9. The zero-order chi connectivity index (χ0) is 20.4. The number of carbonyl (C=O) groups is 2. The molecule has 7 N–H and O–H groups in total. The van der Waals surface area contributed by atoms with Gasteiger partial charge in [0.25, 0.3) is 5.56 Å². The summed E-state index contributed by atoms with van der Waals surface area (Å²) in [6.45, 7) is -0.532. The molecular weight excluding hydrogens is 362 g/mol. The van der Waals surface area contributed by atoms with E-state index in [4.69, 9.17) is 16.2 Å². The monoisotopic (exact) mass is 379 g/mol. The summed E-state index contributed by atoms with van der Waals surface area (Å²) < 4.78 is 5.66. The van der Waals surface area contributed by atoms with Crippen molar-refractivity contribution >= 4 is 11.9 Å². The predicted octanol–water partition coefficient (Wildman–Crippen LogP) is -2.92. The molecule has 0 aliphatic heterocycles. The fraction of sp³-hybridized carbons (Fsp3) is 0.400. The van der Waals surface area contributed by atoms with Crippen LogP contribution in [0, 0.1) is 11.3 Å². The van der Waals surface area contributed by atoms with Gasteiger partial charge in [-0.2, -0.15) is 5.26 Å². The lowest BCUT2D eigenvalue weighted by atomic mass is 9.94. The smallest absolute Gasteiger partial charge is 0.329 e. The molecule has 27 heavy (non-hydrogen) atoms. The summed E-state index contributed by atoms with van der Waals surface area (Å²) in [6, 6.07) is 1.43. The van der Waals surface area contributed by atoms with Crippen LogP contribution in [0.25, 0.3) is 0 Å². The average molecular weight is 379 g/mol. The number of amides is 1. The molecule has 12 nitrogen and oxygen atoms in total. The summed E-state index contributed by atoms with van der Waals surface area (Å²) >= 11 is 0. The highest BCUT2D eigenvalue weighted by molar-refractivity contribution is 5.84. The minimum Gasteiger partial charge on any atom is -0.509 e. The molecule has 2 rings (SSSR count). The second-order valence-electron chi connectivity index (χ2n) is 5.97. The van der Waals surface area contributed by atoms with Crippen molar-refractivity contribution in [2.45, 2.75) is 30.5 Å². The van der Waals surface area contributed by atoms with Crippen molar-refractivity contribution in [1.29, 1.82) is 5.26 Å². The van der Waals surface area contributed by atoms with Crippen molar-refractivity contribution < 1.29 is 24.5 Å². The maximum Gasteiger partial charge on any atom is 0.329 e. The molecule has 0 saturated heterocycles.